The highest BCUT2D eigenvalue weighted by Gasteiger charge is 2.24. The Hall–Kier alpha value is 0.540. The summed E-state index contributed by atoms with van der Waals surface area (Å²) < 4.78 is 0. The Bertz CT molecular complexity index is 150. The first-order valence-electron chi connectivity index (χ1n) is 7.11. The molecule has 3 heteroatoms. The van der Waals surface area contributed by atoms with Crippen molar-refractivity contribution in [2.75, 3.05) is 18.3 Å². The van der Waals surface area contributed by atoms with E-state index in [0.29, 0.717) is 11.8 Å². The summed E-state index contributed by atoms with van der Waals surface area (Å²) in [4.78, 5) is 0. The standard InChI is InChI=1S/C14H29Cl2N/c1-3-5-6-7-8-9-10-11-17-14(4-2,12-15)13-16/h17H,3-13H2,1-2H3. The van der Waals surface area contributed by atoms with Crippen LogP contribution in [-0.2, 0) is 0 Å². The van der Waals surface area contributed by atoms with Gasteiger partial charge >= 0.3 is 0 Å². The summed E-state index contributed by atoms with van der Waals surface area (Å²) >= 11 is 11.9. The second-order valence-electron chi connectivity index (χ2n) is 4.95. The molecule has 0 radical (unpaired) electrons. The van der Waals surface area contributed by atoms with Crippen LogP contribution in [0.15, 0.2) is 0 Å². The lowest BCUT2D eigenvalue weighted by atomic mass is 10.0. The maximum Gasteiger partial charge on any atom is 0.0451 e. The van der Waals surface area contributed by atoms with Crippen LogP contribution in [0.1, 0.15) is 65.2 Å². The summed E-state index contributed by atoms with van der Waals surface area (Å²) in [5, 5.41) is 3.52. The Morgan fingerprint density at radius 1 is 0.824 bits per heavy atom. The molecular weight excluding hydrogens is 253 g/mol. The zero-order valence-electron chi connectivity index (χ0n) is 11.5. The number of nitrogens with one attached hydrogen (secondary N) is 1. The molecule has 0 aromatic carbocycles. The van der Waals surface area contributed by atoms with E-state index >= 15 is 0 Å². The Morgan fingerprint density at radius 2 is 1.35 bits per heavy atom. The van der Waals surface area contributed by atoms with Crippen molar-refractivity contribution in [1.29, 1.82) is 0 Å². The van der Waals surface area contributed by atoms with Crippen molar-refractivity contribution in [2.24, 2.45) is 0 Å². The number of alkyl halides is 2. The number of hydrogen-bond acceptors (Lipinski definition) is 1. The van der Waals surface area contributed by atoms with Gasteiger partial charge in [-0.25, -0.2) is 0 Å². The van der Waals surface area contributed by atoms with Gasteiger partial charge in [0.25, 0.3) is 0 Å². The number of hydrogen-bond donors (Lipinski definition) is 1. The van der Waals surface area contributed by atoms with Gasteiger partial charge in [-0.2, -0.15) is 0 Å². The molecule has 0 bridgehead atoms. The summed E-state index contributed by atoms with van der Waals surface area (Å²) in [6.07, 6.45) is 10.4. The van der Waals surface area contributed by atoms with Gasteiger partial charge in [0, 0.05) is 17.3 Å². The van der Waals surface area contributed by atoms with E-state index in [9.17, 15) is 0 Å². The van der Waals surface area contributed by atoms with Crippen LogP contribution in [0.4, 0.5) is 0 Å². The summed E-state index contributed by atoms with van der Waals surface area (Å²) in [7, 11) is 0. The van der Waals surface area contributed by atoms with Crippen molar-refractivity contribution in [2.45, 2.75) is 70.8 Å². The molecule has 1 nitrogen and oxygen atoms in total. The number of unbranched alkanes of at least 4 members (excludes halogenated alkanes) is 6. The molecule has 0 unspecified atom stereocenters. The first-order valence-corrected chi connectivity index (χ1v) is 8.18. The first-order chi connectivity index (χ1) is 8.24. The van der Waals surface area contributed by atoms with E-state index in [2.05, 4.69) is 19.2 Å². The highest BCUT2D eigenvalue weighted by atomic mass is 35.5. The monoisotopic (exact) mass is 281 g/mol. The first kappa shape index (κ1) is 17.5. The van der Waals surface area contributed by atoms with E-state index in [4.69, 9.17) is 23.2 Å². The molecule has 0 heterocycles. The Kier molecular flexibility index (Phi) is 12.0. The highest BCUT2D eigenvalue weighted by molar-refractivity contribution is 6.22. The smallest absolute Gasteiger partial charge is 0.0451 e. The SMILES string of the molecule is CCCCCCCCCNC(CC)(CCl)CCl. The lowest BCUT2D eigenvalue weighted by molar-refractivity contribution is 0.380. The van der Waals surface area contributed by atoms with E-state index in [0.717, 1.165) is 13.0 Å². The van der Waals surface area contributed by atoms with Crippen molar-refractivity contribution in [3.8, 4) is 0 Å². The van der Waals surface area contributed by atoms with Gasteiger partial charge in [0.05, 0.1) is 0 Å². The molecule has 0 aliphatic heterocycles. The molecule has 0 atom stereocenters. The number of halogens is 2. The van der Waals surface area contributed by atoms with Gasteiger partial charge in [0.2, 0.25) is 0 Å². The molecule has 104 valence electrons. The summed E-state index contributed by atoms with van der Waals surface area (Å²) in [5.74, 6) is 1.20. The van der Waals surface area contributed by atoms with Crippen LogP contribution < -0.4 is 5.32 Å². The Morgan fingerprint density at radius 3 is 1.82 bits per heavy atom. The average Bonchev–Trinajstić information content (AvgIpc) is 2.38. The third-order valence-electron chi connectivity index (χ3n) is 3.47. The van der Waals surface area contributed by atoms with Gasteiger partial charge in [-0.05, 0) is 19.4 Å². The van der Waals surface area contributed by atoms with Gasteiger partial charge in [-0.3, -0.25) is 0 Å². The minimum atomic E-state index is -0.0503. The summed E-state index contributed by atoms with van der Waals surface area (Å²) in [5.41, 5.74) is -0.0503. The predicted octanol–water partition coefficient (Wildman–Crippen LogP) is 4.95. The van der Waals surface area contributed by atoms with Crippen molar-refractivity contribution in [3.63, 3.8) is 0 Å². The normalized spacial score (nSPS) is 12.0. The van der Waals surface area contributed by atoms with E-state index < -0.39 is 0 Å². The molecule has 0 amide bonds. The fourth-order valence-corrected chi connectivity index (χ4v) is 2.73. The van der Waals surface area contributed by atoms with Crippen molar-refractivity contribution >= 4 is 23.2 Å². The van der Waals surface area contributed by atoms with Crippen LogP contribution in [0.25, 0.3) is 0 Å². The topological polar surface area (TPSA) is 12.0 Å². The molecule has 0 rings (SSSR count). The predicted molar refractivity (Wildman–Crippen MR) is 80.5 cm³/mol. The molecule has 0 aromatic rings. The second-order valence-corrected chi connectivity index (χ2v) is 5.48. The zero-order chi connectivity index (χ0) is 13.0. The van der Waals surface area contributed by atoms with Gasteiger partial charge in [0.1, 0.15) is 0 Å². The molecular formula is C14H29Cl2N. The molecule has 0 aliphatic rings. The minimum absolute atomic E-state index is 0.0503. The van der Waals surface area contributed by atoms with Crippen LogP contribution in [0.2, 0.25) is 0 Å². The van der Waals surface area contributed by atoms with Gasteiger partial charge < -0.3 is 5.32 Å². The fourth-order valence-electron chi connectivity index (χ4n) is 1.88. The Labute approximate surface area is 118 Å². The molecule has 0 saturated heterocycles. The molecule has 0 aromatic heterocycles. The third-order valence-corrected chi connectivity index (χ3v) is 4.49. The summed E-state index contributed by atoms with van der Waals surface area (Å²) in [6.45, 7) is 5.44. The van der Waals surface area contributed by atoms with Gasteiger partial charge in [0.15, 0.2) is 0 Å². The van der Waals surface area contributed by atoms with Crippen LogP contribution >= 0.6 is 23.2 Å². The van der Waals surface area contributed by atoms with E-state index in [-0.39, 0.29) is 5.54 Å². The molecule has 0 spiro atoms. The highest BCUT2D eigenvalue weighted by Crippen LogP contribution is 2.15. The van der Waals surface area contributed by atoms with E-state index in [1.54, 1.807) is 0 Å². The van der Waals surface area contributed by atoms with Crippen LogP contribution in [0, 0.1) is 0 Å². The van der Waals surface area contributed by atoms with Gasteiger partial charge in [-0.15, -0.1) is 23.2 Å². The molecule has 0 fully saturated rings. The van der Waals surface area contributed by atoms with Crippen molar-refractivity contribution < 1.29 is 0 Å². The second kappa shape index (κ2) is 11.6. The van der Waals surface area contributed by atoms with Crippen molar-refractivity contribution in [3.05, 3.63) is 0 Å². The third kappa shape index (κ3) is 8.29. The lowest BCUT2D eigenvalue weighted by Crippen LogP contribution is -2.48. The maximum absolute atomic E-state index is 5.97. The zero-order valence-corrected chi connectivity index (χ0v) is 13.0. The molecule has 17 heavy (non-hydrogen) atoms. The Balaban J connectivity index is 3.43. The molecule has 1 N–H and O–H groups in total. The molecule has 0 saturated carbocycles. The fraction of sp³-hybridized carbons (Fsp3) is 1.00. The molecule has 0 aliphatic carbocycles. The maximum atomic E-state index is 5.97. The largest absolute Gasteiger partial charge is 0.309 e. The summed E-state index contributed by atoms with van der Waals surface area (Å²) in [6, 6.07) is 0. The van der Waals surface area contributed by atoms with Crippen molar-refractivity contribution in [1.82, 2.24) is 5.32 Å². The minimum Gasteiger partial charge on any atom is -0.309 e. The average molecular weight is 282 g/mol. The quantitative estimate of drug-likeness (QED) is 0.394. The number of rotatable bonds is 12. The van der Waals surface area contributed by atoms with Crippen LogP contribution in [0.3, 0.4) is 0 Å². The van der Waals surface area contributed by atoms with Gasteiger partial charge in [-0.1, -0.05) is 52.4 Å². The van der Waals surface area contributed by atoms with Crippen LogP contribution in [-0.4, -0.2) is 23.8 Å². The van der Waals surface area contributed by atoms with E-state index in [1.165, 1.54) is 44.9 Å². The van der Waals surface area contributed by atoms with Crippen LogP contribution in [0.5, 0.6) is 0 Å². The lowest BCUT2D eigenvalue weighted by Gasteiger charge is -2.29. The van der Waals surface area contributed by atoms with E-state index in [1.807, 2.05) is 0 Å².